The van der Waals surface area contributed by atoms with Gasteiger partial charge >= 0.3 is 0 Å². The molecule has 0 saturated carbocycles. The van der Waals surface area contributed by atoms with Crippen LogP contribution in [0.1, 0.15) is 34.8 Å². The molecule has 1 heterocycles. The molecule has 21 heavy (non-hydrogen) atoms. The summed E-state index contributed by atoms with van der Waals surface area (Å²) in [5.74, 6) is 0.155. The van der Waals surface area contributed by atoms with Crippen LogP contribution in [-0.2, 0) is 0 Å². The molecule has 2 rings (SSSR count). The second kappa shape index (κ2) is 6.85. The maximum Gasteiger partial charge on any atom is 0.291 e. The molecule has 3 N–H and O–H groups in total. The largest absolute Gasteiger partial charge is 0.361 e. The smallest absolute Gasteiger partial charge is 0.291 e. The van der Waals surface area contributed by atoms with E-state index in [0.717, 1.165) is 5.56 Å². The number of hydrogen-bond donors (Lipinski definition) is 3. The van der Waals surface area contributed by atoms with Crippen LogP contribution >= 0.6 is 12.2 Å². The fourth-order valence-corrected chi connectivity index (χ4v) is 1.94. The summed E-state index contributed by atoms with van der Waals surface area (Å²) >= 11 is 5.12. The highest BCUT2D eigenvalue weighted by Crippen LogP contribution is 2.10. The van der Waals surface area contributed by atoms with E-state index in [2.05, 4.69) is 21.3 Å². The molecule has 0 aliphatic heterocycles. The summed E-state index contributed by atoms with van der Waals surface area (Å²) in [7, 11) is 0. The third-order valence-electron chi connectivity index (χ3n) is 2.80. The maximum atomic E-state index is 11.7. The number of amides is 1. The molecule has 1 aromatic carbocycles. The molecule has 0 aliphatic carbocycles. The maximum absolute atomic E-state index is 11.7. The van der Waals surface area contributed by atoms with Gasteiger partial charge in [0.15, 0.2) is 10.8 Å². The SMILES string of the molecule is Cc1cc(C(=O)NNC(=S)N[C@H](C)c2ccccc2)no1. The van der Waals surface area contributed by atoms with Crippen LogP contribution in [0.4, 0.5) is 0 Å². The average molecular weight is 304 g/mol. The first-order valence-electron chi connectivity index (χ1n) is 6.41. The molecule has 0 radical (unpaired) electrons. The summed E-state index contributed by atoms with van der Waals surface area (Å²) in [5.41, 5.74) is 6.37. The van der Waals surface area contributed by atoms with Crippen LogP contribution in [0.25, 0.3) is 0 Å². The number of aromatic nitrogens is 1. The van der Waals surface area contributed by atoms with Gasteiger partial charge in [0.25, 0.3) is 5.91 Å². The Labute approximate surface area is 127 Å². The van der Waals surface area contributed by atoms with E-state index < -0.39 is 5.91 Å². The standard InChI is InChI=1S/C14H16N4O2S/c1-9-8-12(18-20-9)13(19)16-17-14(21)15-10(2)11-6-4-3-5-7-11/h3-8,10H,1-2H3,(H,16,19)(H2,15,17,21)/t10-/m1/s1. The van der Waals surface area contributed by atoms with Crippen molar-refractivity contribution in [3.8, 4) is 0 Å². The third kappa shape index (κ3) is 4.28. The number of rotatable bonds is 3. The Morgan fingerprint density at radius 1 is 1.29 bits per heavy atom. The van der Waals surface area contributed by atoms with Gasteiger partial charge in [-0.25, -0.2) is 0 Å². The van der Waals surface area contributed by atoms with Crippen molar-refractivity contribution in [3.05, 3.63) is 53.4 Å². The number of hydrazine groups is 1. The molecule has 6 nitrogen and oxygen atoms in total. The van der Waals surface area contributed by atoms with Gasteiger partial charge in [-0.1, -0.05) is 35.5 Å². The monoisotopic (exact) mass is 304 g/mol. The van der Waals surface area contributed by atoms with E-state index in [-0.39, 0.29) is 11.7 Å². The molecular formula is C14H16N4O2S. The van der Waals surface area contributed by atoms with Crippen molar-refractivity contribution in [2.45, 2.75) is 19.9 Å². The van der Waals surface area contributed by atoms with Crippen molar-refractivity contribution in [3.63, 3.8) is 0 Å². The Morgan fingerprint density at radius 2 is 2.00 bits per heavy atom. The fraction of sp³-hybridized carbons (Fsp3) is 0.214. The first-order chi connectivity index (χ1) is 10.1. The molecular weight excluding hydrogens is 288 g/mol. The fourth-order valence-electron chi connectivity index (χ4n) is 1.71. The van der Waals surface area contributed by atoms with E-state index in [9.17, 15) is 4.79 Å². The topological polar surface area (TPSA) is 79.2 Å². The van der Waals surface area contributed by atoms with Crippen LogP contribution in [0.15, 0.2) is 40.9 Å². The van der Waals surface area contributed by atoms with E-state index in [1.54, 1.807) is 13.0 Å². The minimum absolute atomic E-state index is 0.0254. The van der Waals surface area contributed by atoms with Crippen LogP contribution in [-0.4, -0.2) is 16.2 Å². The number of carbonyl (C=O) groups excluding carboxylic acids is 1. The molecule has 110 valence electrons. The number of aryl methyl sites for hydroxylation is 1. The molecule has 7 heteroatoms. The van der Waals surface area contributed by atoms with Crippen LogP contribution in [0.3, 0.4) is 0 Å². The van der Waals surface area contributed by atoms with Gasteiger partial charge in [-0.15, -0.1) is 0 Å². The van der Waals surface area contributed by atoms with E-state index >= 15 is 0 Å². The Kier molecular flexibility index (Phi) is 4.89. The predicted octanol–water partition coefficient (Wildman–Crippen LogP) is 1.85. The summed E-state index contributed by atoms with van der Waals surface area (Å²) in [4.78, 5) is 11.7. The summed E-state index contributed by atoms with van der Waals surface area (Å²) in [6, 6.07) is 11.4. The summed E-state index contributed by atoms with van der Waals surface area (Å²) in [6.07, 6.45) is 0. The van der Waals surface area contributed by atoms with E-state index in [1.165, 1.54) is 0 Å². The van der Waals surface area contributed by atoms with Crippen molar-refractivity contribution in [2.24, 2.45) is 0 Å². The van der Waals surface area contributed by atoms with Gasteiger partial charge in [0, 0.05) is 6.07 Å². The van der Waals surface area contributed by atoms with Gasteiger partial charge in [-0.05, 0) is 31.6 Å². The van der Waals surface area contributed by atoms with Gasteiger partial charge in [-0.2, -0.15) is 0 Å². The highest BCUT2D eigenvalue weighted by Gasteiger charge is 2.11. The second-order valence-corrected chi connectivity index (χ2v) is 4.92. The van der Waals surface area contributed by atoms with Crippen molar-refractivity contribution in [1.82, 2.24) is 21.3 Å². The molecule has 0 bridgehead atoms. The summed E-state index contributed by atoms with van der Waals surface area (Å²) in [5, 5.41) is 7.00. The van der Waals surface area contributed by atoms with Gasteiger partial charge in [0.05, 0.1) is 6.04 Å². The Hall–Kier alpha value is -2.41. The van der Waals surface area contributed by atoms with E-state index in [1.807, 2.05) is 37.3 Å². The quantitative estimate of drug-likeness (QED) is 0.593. The zero-order valence-corrected chi connectivity index (χ0v) is 12.5. The third-order valence-corrected chi connectivity index (χ3v) is 3.02. The number of hydrogen-bond acceptors (Lipinski definition) is 4. The lowest BCUT2D eigenvalue weighted by molar-refractivity contribution is 0.0934. The Balaban J connectivity index is 1.81. The van der Waals surface area contributed by atoms with Gasteiger partial charge in [0.2, 0.25) is 0 Å². The number of thiocarbonyl (C=S) groups is 1. The average Bonchev–Trinajstić information content (AvgIpc) is 2.92. The lowest BCUT2D eigenvalue weighted by Crippen LogP contribution is -2.47. The molecule has 0 saturated heterocycles. The van der Waals surface area contributed by atoms with Crippen molar-refractivity contribution in [1.29, 1.82) is 0 Å². The summed E-state index contributed by atoms with van der Waals surface area (Å²) in [6.45, 7) is 3.69. The van der Waals surface area contributed by atoms with E-state index in [4.69, 9.17) is 16.7 Å². The Bertz CT molecular complexity index is 627. The number of nitrogens with zero attached hydrogens (tertiary/aromatic N) is 1. The number of nitrogens with one attached hydrogen (secondary N) is 3. The van der Waals surface area contributed by atoms with Crippen molar-refractivity contribution >= 4 is 23.2 Å². The van der Waals surface area contributed by atoms with Crippen LogP contribution in [0, 0.1) is 6.92 Å². The normalized spacial score (nSPS) is 11.5. The number of carbonyl (C=O) groups is 1. The van der Waals surface area contributed by atoms with Crippen LogP contribution in [0.5, 0.6) is 0 Å². The molecule has 0 spiro atoms. The zero-order chi connectivity index (χ0) is 15.2. The summed E-state index contributed by atoms with van der Waals surface area (Å²) < 4.78 is 4.83. The lowest BCUT2D eigenvalue weighted by Gasteiger charge is -2.17. The lowest BCUT2D eigenvalue weighted by atomic mass is 10.1. The molecule has 0 fully saturated rings. The molecule has 0 unspecified atom stereocenters. The van der Waals surface area contributed by atoms with Gasteiger partial charge < -0.3 is 9.84 Å². The van der Waals surface area contributed by atoms with E-state index in [0.29, 0.717) is 10.9 Å². The van der Waals surface area contributed by atoms with Crippen LogP contribution in [0.2, 0.25) is 0 Å². The molecule has 1 amide bonds. The minimum atomic E-state index is -0.414. The van der Waals surface area contributed by atoms with Crippen molar-refractivity contribution < 1.29 is 9.32 Å². The van der Waals surface area contributed by atoms with Gasteiger partial charge in [-0.3, -0.25) is 15.6 Å². The Morgan fingerprint density at radius 3 is 2.62 bits per heavy atom. The molecule has 1 aromatic heterocycles. The van der Waals surface area contributed by atoms with Crippen LogP contribution < -0.4 is 16.2 Å². The first kappa shape index (κ1) is 15.0. The number of benzene rings is 1. The first-order valence-corrected chi connectivity index (χ1v) is 6.82. The highest BCUT2D eigenvalue weighted by molar-refractivity contribution is 7.80. The predicted molar refractivity (Wildman–Crippen MR) is 82.4 cm³/mol. The highest BCUT2D eigenvalue weighted by atomic mass is 32.1. The molecule has 0 aliphatic rings. The zero-order valence-electron chi connectivity index (χ0n) is 11.7. The molecule has 2 aromatic rings. The molecule has 1 atom stereocenters. The van der Waals surface area contributed by atoms with Crippen molar-refractivity contribution in [2.75, 3.05) is 0 Å². The minimum Gasteiger partial charge on any atom is -0.361 e. The van der Waals surface area contributed by atoms with Gasteiger partial charge in [0.1, 0.15) is 5.76 Å². The second-order valence-electron chi connectivity index (χ2n) is 4.51.